The van der Waals surface area contributed by atoms with Gasteiger partial charge < -0.3 is 9.55 Å². The molecule has 62 valence electrons. The van der Waals surface area contributed by atoms with Gasteiger partial charge in [-0.2, -0.15) is 0 Å². The summed E-state index contributed by atoms with van der Waals surface area (Å²) in [5.41, 5.74) is 1.15. The number of aromatic amines is 1. The standard InChI is InChI=1S/C8H8N2S2/c1-10-6(5-9-8(10)11)7-3-2-4-12-7/h2-5H,1H3,(H,9,11). The summed E-state index contributed by atoms with van der Waals surface area (Å²) < 4.78 is 2.74. The summed E-state index contributed by atoms with van der Waals surface area (Å²) in [5, 5.41) is 2.06. The van der Waals surface area contributed by atoms with Crippen molar-refractivity contribution in [3.63, 3.8) is 0 Å². The minimum Gasteiger partial charge on any atom is -0.337 e. The number of nitrogens with one attached hydrogen (secondary N) is 1. The molecule has 2 aromatic heterocycles. The third kappa shape index (κ3) is 1.13. The van der Waals surface area contributed by atoms with E-state index in [0.29, 0.717) is 0 Å². The third-order valence-corrected chi connectivity index (χ3v) is 3.06. The smallest absolute Gasteiger partial charge is 0.177 e. The van der Waals surface area contributed by atoms with Gasteiger partial charge in [-0.1, -0.05) is 6.07 Å². The van der Waals surface area contributed by atoms with Gasteiger partial charge in [0.2, 0.25) is 0 Å². The minimum atomic E-state index is 0.762. The van der Waals surface area contributed by atoms with Crippen LogP contribution in [0.25, 0.3) is 10.6 Å². The molecule has 0 saturated carbocycles. The Hall–Kier alpha value is -0.870. The lowest BCUT2D eigenvalue weighted by Crippen LogP contribution is -1.88. The van der Waals surface area contributed by atoms with Gasteiger partial charge in [-0.05, 0) is 23.7 Å². The van der Waals surface area contributed by atoms with Gasteiger partial charge in [0.1, 0.15) is 0 Å². The Morgan fingerprint density at radius 2 is 2.42 bits per heavy atom. The fourth-order valence-corrected chi connectivity index (χ4v) is 2.03. The highest BCUT2D eigenvalue weighted by Gasteiger charge is 2.02. The highest BCUT2D eigenvalue weighted by atomic mass is 32.1. The van der Waals surface area contributed by atoms with Crippen molar-refractivity contribution < 1.29 is 0 Å². The van der Waals surface area contributed by atoms with E-state index in [1.54, 1.807) is 11.3 Å². The van der Waals surface area contributed by atoms with Crippen LogP contribution in [0.3, 0.4) is 0 Å². The van der Waals surface area contributed by atoms with Gasteiger partial charge in [-0.3, -0.25) is 0 Å². The monoisotopic (exact) mass is 196 g/mol. The average molecular weight is 196 g/mol. The van der Waals surface area contributed by atoms with Gasteiger partial charge in [0.25, 0.3) is 0 Å². The molecule has 0 amide bonds. The fraction of sp³-hybridized carbons (Fsp3) is 0.125. The molecule has 2 nitrogen and oxygen atoms in total. The number of hydrogen-bond acceptors (Lipinski definition) is 2. The molecule has 0 aliphatic carbocycles. The van der Waals surface area contributed by atoms with Crippen molar-refractivity contribution in [2.45, 2.75) is 0 Å². The molecule has 0 fully saturated rings. The molecule has 2 heterocycles. The number of hydrogen-bond donors (Lipinski definition) is 1. The highest BCUT2D eigenvalue weighted by Crippen LogP contribution is 2.23. The van der Waals surface area contributed by atoms with Crippen LogP contribution < -0.4 is 0 Å². The van der Waals surface area contributed by atoms with Crippen molar-refractivity contribution in [3.8, 4) is 10.6 Å². The van der Waals surface area contributed by atoms with Crippen molar-refractivity contribution in [2.75, 3.05) is 0 Å². The average Bonchev–Trinajstić information content (AvgIpc) is 2.64. The molecular formula is C8H8N2S2. The summed E-state index contributed by atoms with van der Waals surface area (Å²) in [7, 11) is 1.97. The largest absolute Gasteiger partial charge is 0.337 e. The molecule has 1 N–H and O–H groups in total. The second kappa shape index (κ2) is 2.88. The minimum absolute atomic E-state index is 0.762. The molecule has 4 heteroatoms. The summed E-state index contributed by atoms with van der Waals surface area (Å²) in [5.74, 6) is 0. The summed E-state index contributed by atoms with van der Waals surface area (Å²) in [6.07, 6.45) is 1.94. The van der Waals surface area contributed by atoms with E-state index >= 15 is 0 Å². The Morgan fingerprint density at radius 3 is 2.92 bits per heavy atom. The molecule has 2 aromatic rings. The van der Waals surface area contributed by atoms with Crippen molar-refractivity contribution >= 4 is 23.6 Å². The molecule has 0 saturated heterocycles. The summed E-state index contributed by atoms with van der Waals surface area (Å²) in [6.45, 7) is 0. The summed E-state index contributed by atoms with van der Waals surface area (Å²) in [6, 6.07) is 4.12. The second-order valence-electron chi connectivity index (χ2n) is 2.52. The van der Waals surface area contributed by atoms with Crippen LogP contribution in [0.1, 0.15) is 0 Å². The molecule has 0 unspecified atom stereocenters. The molecule has 0 aromatic carbocycles. The van der Waals surface area contributed by atoms with E-state index in [-0.39, 0.29) is 0 Å². The highest BCUT2D eigenvalue weighted by molar-refractivity contribution is 7.71. The zero-order valence-corrected chi connectivity index (χ0v) is 8.21. The maximum atomic E-state index is 5.06. The van der Waals surface area contributed by atoms with Crippen LogP contribution in [0.4, 0.5) is 0 Å². The SMILES string of the molecule is Cn1c(-c2cccs2)c[nH]c1=S. The summed E-state index contributed by atoms with van der Waals surface area (Å²) in [4.78, 5) is 4.25. The Morgan fingerprint density at radius 1 is 1.58 bits per heavy atom. The van der Waals surface area contributed by atoms with Crippen molar-refractivity contribution in [3.05, 3.63) is 28.5 Å². The van der Waals surface area contributed by atoms with Gasteiger partial charge in [0, 0.05) is 13.2 Å². The predicted molar refractivity (Wildman–Crippen MR) is 53.9 cm³/mol. The first kappa shape index (κ1) is 7.76. The first-order valence-corrected chi connectivity index (χ1v) is 4.86. The Bertz CT molecular complexity index is 422. The molecule has 12 heavy (non-hydrogen) atoms. The number of H-pyrrole nitrogens is 1. The van der Waals surface area contributed by atoms with Gasteiger partial charge in [0.15, 0.2) is 4.77 Å². The zero-order valence-electron chi connectivity index (χ0n) is 6.57. The lowest BCUT2D eigenvalue weighted by atomic mass is 10.4. The van der Waals surface area contributed by atoms with E-state index in [4.69, 9.17) is 12.2 Å². The quantitative estimate of drug-likeness (QED) is 0.696. The van der Waals surface area contributed by atoms with Crippen LogP contribution in [0.2, 0.25) is 0 Å². The summed E-state index contributed by atoms with van der Waals surface area (Å²) >= 11 is 6.78. The molecular weight excluding hydrogens is 188 g/mol. The van der Waals surface area contributed by atoms with E-state index in [1.807, 2.05) is 23.9 Å². The van der Waals surface area contributed by atoms with E-state index in [2.05, 4.69) is 16.4 Å². The maximum Gasteiger partial charge on any atom is 0.177 e. The predicted octanol–water partition coefficient (Wildman–Crippen LogP) is 2.81. The molecule has 0 radical (unpaired) electrons. The van der Waals surface area contributed by atoms with E-state index in [0.717, 1.165) is 10.5 Å². The van der Waals surface area contributed by atoms with Crippen LogP contribution >= 0.6 is 23.6 Å². The normalized spacial score (nSPS) is 10.4. The van der Waals surface area contributed by atoms with Crippen LogP contribution in [-0.2, 0) is 7.05 Å². The molecule has 0 aliphatic rings. The van der Waals surface area contributed by atoms with Crippen molar-refractivity contribution in [1.82, 2.24) is 9.55 Å². The van der Waals surface area contributed by atoms with Crippen LogP contribution in [0, 0.1) is 4.77 Å². The third-order valence-electron chi connectivity index (χ3n) is 1.77. The second-order valence-corrected chi connectivity index (χ2v) is 3.85. The lowest BCUT2D eigenvalue weighted by molar-refractivity contribution is 0.904. The van der Waals surface area contributed by atoms with E-state index in [9.17, 15) is 0 Å². The van der Waals surface area contributed by atoms with Crippen molar-refractivity contribution in [1.29, 1.82) is 0 Å². The topological polar surface area (TPSA) is 20.7 Å². The molecule has 2 rings (SSSR count). The zero-order chi connectivity index (χ0) is 8.55. The number of thiophene rings is 1. The Balaban J connectivity index is 2.62. The first-order chi connectivity index (χ1) is 5.79. The van der Waals surface area contributed by atoms with Crippen LogP contribution in [0.15, 0.2) is 23.7 Å². The van der Waals surface area contributed by atoms with Gasteiger partial charge in [-0.15, -0.1) is 11.3 Å². The van der Waals surface area contributed by atoms with Gasteiger partial charge >= 0.3 is 0 Å². The Labute approximate surface area is 79.5 Å². The van der Waals surface area contributed by atoms with Crippen molar-refractivity contribution in [2.24, 2.45) is 7.05 Å². The molecule has 0 spiro atoms. The lowest BCUT2D eigenvalue weighted by Gasteiger charge is -1.96. The number of nitrogens with zero attached hydrogens (tertiary/aromatic N) is 1. The number of aromatic nitrogens is 2. The molecule has 0 aliphatic heterocycles. The van der Waals surface area contributed by atoms with Gasteiger partial charge in [0.05, 0.1) is 10.6 Å². The first-order valence-electron chi connectivity index (χ1n) is 3.57. The molecule has 0 atom stereocenters. The van der Waals surface area contributed by atoms with Crippen LogP contribution in [-0.4, -0.2) is 9.55 Å². The number of rotatable bonds is 1. The van der Waals surface area contributed by atoms with E-state index in [1.165, 1.54) is 4.88 Å². The Kier molecular flexibility index (Phi) is 1.86. The maximum absolute atomic E-state index is 5.06. The molecule has 0 bridgehead atoms. The number of imidazole rings is 1. The van der Waals surface area contributed by atoms with Gasteiger partial charge in [-0.25, -0.2) is 0 Å². The fourth-order valence-electron chi connectivity index (χ4n) is 1.09. The van der Waals surface area contributed by atoms with E-state index < -0.39 is 0 Å². The van der Waals surface area contributed by atoms with Crippen LogP contribution in [0.5, 0.6) is 0 Å².